The van der Waals surface area contributed by atoms with Gasteiger partial charge in [-0.25, -0.2) is 0 Å². The number of hydrogen-bond acceptors (Lipinski definition) is 3. The van der Waals surface area contributed by atoms with Gasteiger partial charge in [-0.3, -0.25) is 9.69 Å². The van der Waals surface area contributed by atoms with Gasteiger partial charge in [-0.1, -0.05) is 30.3 Å². The molecule has 0 spiro atoms. The summed E-state index contributed by atoms with van der Waals surface area (Å²) in [7, 11) is 3.81. The van der Waals surface area contributed by atoms with Crippen molar-refractivity contribution in [3.05, 3.63) is 35.9 Å². The Hall–Kier alpha value is -1.35. The molecule has 1 atom stereocenters. The quantitative estimate of drug-likeness (QED) is 0.732. The molecule has 0 aliphatic carbocycles. The van der Waals surface area contributed by atoms with E-state index in [2.05, 4.69) is 0 Å². The van der Waals surface area contributed by atoms with Crippen LogP contribution in [-0.2, 0) is 16.0 Å². The highest BCUT2D eigenvalue weighted by Crippen LogP contribution is 2.20. The second kappa shape index (κ2) is 5.82. The molecule has 1 rings (SSSR count). The lowest BCUT2D eigenvalue weighted by molar-refractivity contribution is -0.155. The highest BCUT2D eigenvalue weighted by molar-refractivity contribution is 5.80. The summed E-state index contributed by atoms with van der Waals surface area (Å²) in [5.74, 6) is -0.172. The summed E-state index contributed by atoms with van der Waals surface area (Å²) in [5, 5.41) is 0. The first-order valence-corrected chi connectivity index (χ1v) is 5.89. The molecule has 1 aromatic rings. The maximum absolute atomic E-state index is 12.0. The smallest absolute Gasteiger partial charge is 0.326 e. The molecular weight excluding hydrogens is 214 g/mol. The van der Waals surface area contributed by atoms with Gasteiger partial charge in [-0.2, -0.15) is 0 Å². The molecule has 0 saturated carbocycles. The monoisotopic (exact) mass is 235 g/mol. The van der Waals surface area contributed by atoms with Crippen molar-refractivity contribution in [2.24, 2.45) is 0 Å². The molecule has 0 N–H and O–H groups in total. The molecule has 0 heterocycles. The number of carbonyl (C=O) groups excluding carboxylic acids is 1. The number of rotatable bonds is 5. The molecule has 0 fully saturated rings. The average Bonchev–Trinajstić information content (AvgIpc) is 2.30. The van der Waals surface area contributed by atoms with Crippen molar-refractivity contribution in [3.63, 3.8) is 0 Å². The highest BCUT2D eigenvalue weighted by atomic mass is 16.5. The van der Waals surface area contributed by atoms with Crippen molar-refractivity contribution >= 4 is 5.97 Å². The summed E-state index contributed by atoms with van der Waals surface area (Å²) >= 11 is 0. The predicted octanol–water partition coefficient (Wildman–Crippen LogP) is 2.11. The SMILES string of the molecule is CCOC(=O)C(C)(Cc1ccccc1)N(C)C. The van der Waals surface area contributed by atoms with Crippen LogP contribution in [0.25, 0.3) is 0 Å². The Labute approximate surface area is 103 Å². The molecule has 0 aliphatic heterocycles. The summed E-state index contributed by atoms with van der Waals surface area (Å²) in [4.78, 5) is 14.0. The molecular formula is C14H21NO2. The summed E-state index contributed by atoms with van der Waals surface area (Å²) in [6.45, 7) is 4.16. The Bertz CT molecular complexity index is 362. The van der Waals surface area contributed by atoms with Gasteiger partial charge in [0, 0.05) is 6.42 Å². The average molecular weight is 235 g/mol. The van der Waals surface area contributed by atoms with E-state index in [1.165, 1.54) is 0 Å². The third kappa shape index (κ3) is 3.30. The summed E-state index contributed by atoms with van der Waals surface area (Å²) in [6.07, 6.45) is 0.652. The Morgan fingerprint density at radius 1 is 1.29 bits per heavy atom. The fraction of sp³-hybridized carbons (Fsp3) is 0.500. The zero-order valence-electron chi connectivity index (χ0n) is 11.1. The molecule has 94 valence electrons. The van der Waals surface area contributed by atoms with Gasteiger partial charge in [-0.15, -0.1) is 0 Å². The number of benzene rings is 1. The van der Waals surface area contributed by atoms with E-state index in [4.69, 9.17) is 4.74 Å². The van der Waals surface area contributed by atoms with Crippen molar-refractivity contribution in [2.75, 3.05) is 20.7 Å². The van der Waals surface area contributed by atoms with Gasteiger partial charge in [0.2, 0.25) is 0 Å². The Kier molecular flexibility index (Phi) is 4.70. The van der Waals surface area contributed by atoms with Gasteiger partial charge in [0.15, 0.2) is 0 Å². The lowest BCUT2D eigenvalue weighted by Crippen LogP contribution is -2.51. The molecule has 17 heavy (non-hydrogen) atoms. The standard InChI is InChI=1S/C14H21NO2/c1-5-17-13(16)14(2,15(3)4)11-12-9-7-6-8-10-12/h6-10H,5,11H2,1-4H3. The Balaban J connectivity index is 2.89. The topological polar surface area (TPSA) is 29.5 Å². The molecule has 0 bridgehead atoms. The van der Waals surface area contributed by atoms with E-state index in [0.29, 0.717) is 13.0 Å². The zero-order chi connectivity index (χ0) is 12.9. The minimum atomic E-state index is -0.614. The normalized spacial score (nSPS) is 14.4. The molecule has 1 aromatic carbocycles. The molecule has 0 amide bonds. The van der Waals surface area contributed by atoms with Gasteiger partial charge in [0.25, 0.3) is 0 Å². The fourth-order valence-electron chi connectivity index (χ4n) is 1.69. The second-order valence-corrected chi connectivity index (χ2v) is 4.55. The number of nitrogens with zero attached hydrogens (tertiary/aromatic N) is 1. The largest absolute Gasteiger partial charge is 0.465 e. The number of esters is 1. The Morgan fingerprint density at radius 3 is 2.35 bits per heavy atom. The van der Waals surface area contributed by atoms with Crippen molar-refractivity contribution < 1.29 is 9.53 Å². The minimum absolute atomic E-state index is 0.172. The Morgan fingerprint density at radius 2 is 1.88 bits per heavy atom. The number of carbonyl (C=O) groups is 1. The molecule has 3 heteroatoms. The third-order valence-electron chi connectivity index (χ3n) is 3.09. The van der Waals surface area contributed by atoms with E-state index >= 15 is 0 Å². The lowest BCUT2D eigenvalue weighted by atomic mass is 9.91. The highest BCUT2D eigenvalue weighted by Gasteiger charge is 2.37. The summed E-state index contributed by atoms with van der Waals surface area (Å²) in [6, 6.07) is 10.00. The zero-order valence-corrected chi connectivity index (χ0v) is 11.1. The molecule has 3 nitrogen and oxygen atoms in total. The van der Waals surface area contributed by atoms with E-state index in [-0.39, 0.29) is 5.97 Å². The maximum Gasteiger partial charge on any atom is 0.326 e. The van der Waals surface area contributed by atoms with Crippen LogP contribution in [0.15, 0.2) is 30.3 Å². The van der Waals surface area contributed by atoms with Crippen molar-refractivity contribution in [2.45, 2.75) is 25.8 Å². The number of hydrogen-bond donors (Lipinski definition) is 0. The van der Waals surface area contributed by atoms with E-state index in [1.807, 2.05) is 63.2 Å². The number of likely N-dealkylation sites (N-methyl/N-ethyl adjacent to an activating group) is 1. The maximum atomic E-state index is 12.0. The van der Waals surface area contributed by atoms with Crippen LogP contribution in [-0.4, -0.2) is 37.1 Å². The molecule has 0 aliphatic rings. The van der Waals surface area contributed by atoms with E-state index < -0.39 is 5.54 Å². The van der Waals surface area contributed by atoms with Crippen LogP contribution in [0.1, 0.15) is 19.4 Å². The van der Waals surface area contributed by atoms with Crippen LogP contribution >= 0.6 is 0 Å². The van der Waals surface area contributed by atoms with Crippen molar-refractivity contribution in [1.82, 2.24) is 4.90 Å². The lowest BCUT2D eigenvalue weighted by Gasteiger charge is -2.34. The minimum Gasteiger partial charge on any atom is -0.465 e. The third-order valence-corrected chi connectivity index (χ3v) is 3.09. The first kappa shape index (κ1) is 13.7. The summed E-state index contributed by atoms with van der Waals surface area (Å²) in [5.41, 5.74) is 0.522. The summed E-state index contributed by atoms with van der Waals surface area (Å²) < 4.78 is 5.16. The predicted molar refractivity (Wildman–Crippen MR) is 68.9 cm³/mol. The van der Waals surface area contributed by atoms with Crippen molar-refractivity contribution in [1.29, 1.82) is 0 Å². The van der Waals surface area contributed by atoms with Gasteiger partial charge in [-0.05, 0) is 33.5 Å². The van der Waals surface area contributed by atoms with E-state index in [0.717, 1.165) is 5.56 Å². The van der Waals surface area contributed by atoms with Crippen LogP contribution in [0, 0.1) is 0 Å². The van der Waals surface area contributed by atoms with E-state index in [9.17, 15) is 4.79 Å². The second-order valence-electron chi connectivity index (χ2n) is 4.55. The molecule has 0 radical (unpaired) electrons. The van der Waals surface area contributed by atoms with E-state index in [1.54, 1.807) is 0 Å². The first-order chi connectivity index (χ1) is 8.00. The van der Waals surface area contributed by atoms with Crippen LogP contribution < -0.4 is 0 Å². The molecule has 0 aromatic heterocycles. The van der Waals surface area contributed by atoms with Gasteiger partial charge in [0.05, 0.1) is 6.61 Å². The first-order valence-electron chi connectivity index (χ1n) is 5.89. The fourth-order valence-corrected chi connectivity index (χ4v) is 1.69. The van der Waals surface area contributed by atoms with Gasteiger partial charge >= 0.3 is 5.97 Å². The van der Waals surface area contributed by atoms with Crippen LogP contribution in [0.5, 0.6) is 0 Å². The van der Waals surface area contributed by atoms with Crippen LogP contribution in [0.3, 0.4) is 0 Å². The molecule has 0 saturated heterocycles. The molecule has 1 unspecified atom stereocenters. The van der Waals surface area contributed by atoms with Crippen molar-refractivity contribution in [3.8, 4) is 0 Å². The number of ether oxygens (including phenoxy) is 1. The van der Waals surface area contributed by atoms with Crippen LogP contribution in [0.4, 0.5) is 0 Å². The van der Waals surface area contributed by atoms with Gasteiger partial charge in [0.1, 0.15) is 5.54 Å². The van der Waals surface area contributed by atoms with Gasteiger partial charge < -0.3 is 4.74 Å². The van der Waals surface area contributed by atoms with Crippen LogP contribution in [0.2, 0.25) is 0 Å².